The fourth-order valence-electron chi connectivity index (χ4n) is 8.39. The van der Waals surface area contributed by atoms with Crippen molar-refractivity contribution in [2.75, 3.05) is 13.2 Å². The van der Waals surface area contributed by atoms with Crippen LogP contribution in [0, 0.1) is 23.2 Å². The first-order valence-corrected chi connectivity index (χ1v) is 20.5. The van der Waals surface area contributed by atoms with Crippen LogP contribution in [0.1, 0.15) is 103 Å². The van der Waals surface area contributed by atoms with Crippen LogP contribution in [0.5, 0.6) is 5.75 Å². The number of rotatable bonds is 7. The van der Waals surface area contributed by atoms with Crippen molar-refractivity contribution < 1.29 is 37.1 Å². The Morgan fingerprint density at radius 3 is 2.65 bits per heavy atom. The number of para-hydroxylation sites is 1. The molecule has 2 amide bonds. The van der Waals surface area contributed by atoms with Gasteiger partial charge in [0.1, 0.15) is 11.4 Å². The van der Waals surface area contributed by atoms with Crippen molar-refractivity contribution >= 4 is 44.5 Å². The van der Waals surface area contributed by atoms with Crippen LogP contribution in [-0.4, -0.2) is 71.4 Å². The third kappa shape index (κ3) is 7.11. The van der Waals surface area contributed by atoms with Gasteiger partial charge in [-0.15, -0.1) is 0 Å². The Bertz CT molecular complexity index is 1900. The smallest absolute Gasteiger partial charge is 0.306 e. The second-order valence-corrected chi connectivity index (χ2v) is 18.8. The molecule has 2 aliphatic carbocycles. The molecule has 1 spiro atoms. The Morgan fingerprint density at radius 1 is 1.10 bits per heavy atom. The number of pyridine rings is 1. The SMILES string of the molecule is CC(C)COC(=O)C[C@H]1CCCCC/C=C\[C@@H]2C[C@@]2(C(=O)NS(=O)(=O)C2(C)CC2)CC(=O)[C@@H]2C[C@]3(CCc4c(cnc5ccccc45)O3)CN2C1=O. The molecule has 7 rings (SSSR count). The van der Waals surface area contributed by atoms with Crippen LogP contribution in [0.4, 0.5) is 0 Å². The van der Waals surface area contributed by atoms with Gasteiger partial charge in [-0.25, -0.2) is 8.42 Å². The minimum absolute atomic E-state index is 0.0828. The van der Waals surface area contributed by atoms with E-state index in [0.717, 1.165) is 42.1 Å². The molecule has 2 saturated carbocycles. The van der Waals surface area contributed by atoms with E-state index in [9.17, 15) is 27.6 Å². The van der Waals surface area contributed by atoms with Gasteiger partial charge in [0.05, 0.1) is 47.5 Å². The third-order valence-corrected chi connectivity index (χ3v) is 14.3. The van der Waals surface area contributed by atoms with Crippen molar-refractivity contribution in [3.63, 3.8) is 0 Å². The summed E-state index contributed by atoms with van der Waals surface area (Å²) in [5, 5.41) is 1.01. The summed E-state index contributed by atoms with van der Waals surface area (Å²) in [5.41, 5.74) is -0.187. The average molecular weight is 734 g/mol. The van der Waals surface area contributed by atoms with Gasteiger partial charge in [0.15, 0.2) is 5.78 Å². The van der Waals surface area contributed by atoms with Crippen LogP contribution in [-0.2, 0) is 40.4 Å². The molecule has 11 nitrogen and oxygen atoms in total. The molecule has 2 aromatic rings. The van der Waals surface area contributed by atoms with Gasteiger partial charge in [-0.05, 0) is 76.2 Å². The van der Waals surface area contributed by atoms with Gasteiger partial charge in [-0.2, -0.15) is 0 Å². The Balaban J connectivity index is 1.21. The molecule has 5 atom stereocenters. The van der Waals surface area contributed by atoms with E-state index in [1.54, 1.807) is 18.0 Å². The zero-order valence-corrected chi connectivity index (χ0v) is 31.3. The zero-order valence-electron chi connectivity index (χ0n) is 30.5. The second kappa shape index (κ2) is 13.9. The van der Waals surface area contributed by atoms with E-state index in [0.29, 0.717) is 44.3 Å². The number of ether oxygens (including phenoxy) is 2. The number of carbonyl (C=O) groups excluding carboxylic acids is 4. The van der Waals surface area contributed by atoms with Crippen molar-refractivity contribution in [1.82, 2.24) is 14.6 Å². The Hall–Kier alpha value is -3.80. The van der Waals surface area contributed by atoms with E-state index in [2.05, 4.69) is 9.71 Å². The first-order valence-electron chi connectivity index (χ1n) is 19.0. The molecule has 1 aromatic heterocycles. The summed E-state index contributed by atoms with van der Waals surface area (Å²) in [7, 11) is -3.92. The third-order valence-electron chi connectivity index (χ3n) is 12.1. The Kier molecular flexibility index (Phi) is 9.76. The first-order chi connectivity index (χ1) is 24.7. The maximum atomic E-state index is 14.7. The number of hydrogen-bond donors (Lipinski definition) is 1. The number of nitrogens with one attached hydrogen (secondary N) is 1. The molecule has 1 aromatic carbocycles. The quantitative estimate of drug-likeness (QED) is 0.284. The van der Waals surface area contributed by atoms with Crippen LogP contribution in [0.3, 0.4) is 0 Å². The zero-order chi connectivity index (χ0) is 36.9. The molecule has 4 heterocycles. The van der Waals surface area contributed by atoms with Crippen LogP contribution < -0.4 is 9.46 Å². The number of aryl methyl sites for hydroxylation is 1. The Labute approximate surface area is 306 Å². The summed E-state index contributed by atoms with van der Waals surface area (Å²) in [5.74, 6) is -1.86. The molecule has 12 heteroatoms. The number of esters is 1. The predicted octanol–water partition coefficient (Wildman–Crippen LogP) is 5.59. The lowest BCUT2D eigenvalue weighted by atomic mass is 9.85. The highest BCUT2D eigenvalue weighted by molar-refractivity contribution is 7.91. The highest BCUT2D eigenvalue weighted by Gasteiger charge is 2.63. The maximum absolute atomic E-state index is 14.7. The van der Waals surface area contributed by atoms with Gasteiger partial charge < -0.3 is 14.4 Å². The van der Waals surface area contributed by atoms with E-state index in [1.165, 1.54) is 0 Å². The number of hydrogen-bond acceptors (Lipinski definition) is 9. The van der Waals surface area contributed by atoms with Crippen LogP contribution >= 0.6 is 0 Å². The summed E-state index contributed by atoms with van der Waals surface area (Å²) in [6, 6.07) is 6.97. The molecule has 0 radical (unpaired) electrons. The van der Waals surface area contributed by atoms with Crippen molar-refractivity contribution in [1.29, 1.82) is 0 Å². The molecule has 0 bridgehead atoms. The number of benzene rings is 1. The standard InChI is InChI=1S/C40H51N3O8S/c1-26(2)24-50-35(45)19-27-11-7-5-4-6-8-12-28-20-40(28,37(47)42-52(48,49)38(3)17-18-38)22-33(44)32-21-39(25-43(32)36(27)46)16-15-30-29-13-9-10-14-31(29)41-23-34(30)51-39/h8-10,12-14,23,26-28,32H,4-7,11,15-22,24-25H2,1-3H3,(H,42,47)/b12-8-/t27-,28-,32+,39-,40-/m1/s1. The number of nitrogens with zero attached hydrogens (tertiary/aromatic N) is 2. The average Bonchev–Trinajstić information content (AvgIpc) is 4.00. The van der Waals surface area contributed by atoms with Crippen LogP contribution in [0.15, 0.2) is 42.6 Å². The molecule has 5 aliphatic rings. The van der Waals surface area contributed by atoms with Gasteiger partial charge in [0.25, 0.3) is 0 Å². The van der Waals surface area contributed by atoms with Gasteiger partial charge >= 0.3 is 5.97 Å². The molecular weight excluding hydrogens is 683 g/mol. The summed E-state index contributed by atoms with van der Waals surface area (Å²) in [6.45, 7) is 5.95. The second-order valence-electron chi connectivity index (χ2n) is 16.6. The molecule has 1 saturated heterocycles. The number of Topliss-reactive ketones (excluding diaryl/α,β-unsaturated/α-hetero) is 1. The highest BCUT2D eigenvalue weighted by Crippen LogP contribution is 2.58. The maximum Gasteiger partial charge on any atom is 0.306 e. The summed E-state index contributed by atoms with van der Waals surface area (Å²) in [4.78, 5) is 62.5. The molecular formula is C40H51N3O8S. The van der Waals surface area contributed by atoms with Crippen molar-refractivity contribution in [3.8, 4) is 5.75 Å². The normalized spacial score (nSPS) is 30.7. The van der Waals surface area contributed by atoms with Crippen molar-refractivity contribution in [2.45, 2.75) is 121 Å². The van der Waals surface area contributed by atoms with E-state index >= 15 is 0 Å². The predicted molar refractivity (Wildman–Crippen MR) is 195 cm³/mol. The number of amides is 2. The Morgan fingerprint density at radius 2 is 1.88 bits per heavy atom. The molecule has 3 aliphatic heterocycles. The van der Waals surface area contributed by atoms with Gasteiger partial charge in [-0.1, -0.05) is 57.0 Å². The molecule has 52 heavy (non-hydrogen) atoms. The van der Waals surface area contributed by atoms with Crippen LogP contribution in [0.2, 0.25) is 0 Å². The van der Waals surface area contributed by atoms with E-state index in [-0.39, 0.29) is 55.9 Å². The monoisotopic (exact) mass is 733 g/mol. The van der Waals surface area contributed by atoms with E-state index in [4.69, 9.17) is 9.47 Å². The highest BCUT2D eigenvalue weighted by atomic mass is 32.2. The number of ketones is 1. The minimum Gasteiger partial charge on any atom is -0.483 e. The van der Waals surface area contributed by atoms with E-state index in [1.807, 2.05) is 50.3 Å². The van der Waals surface area contributed by atoms with Crippen LogP contribution in [0.25, 0.3) is 10.9 Å². The lowest BCUT2D eigenvalue weighted by molar-refractivity contribution is -0.151. The van der Waals surface area contributed by atoms with Gasteiger partial charge in [-0.3, -0.25) is 28.9 Å². The summed E-state index contributed by atoms with van der Waals surface area (Å²) >= 11 is 0. The minimum atomic E-state index is -3.92. The van der Waals surface area contributed by atoms with Crippen molar-refractivity contribution in [3.05, 3.63) is 48.2 Å². The first kappa shape index (κ1) is 36.6. The molecule has 3 fully saturated rings. The largest absolute Gasteiger partial charge is 0.483 e. The topological polar surface area (TPSA) is 149 Å². The lowest BCUT2D eigenvalue weighted by Crippen LogP contribution is -2.47. The number of aromatic nitrogens is 1. The molecule has 1 N–H and O–H groups in total. The number of sulfonamides is 1. The van der Waals surface area contributed by atoms with E-state index < -0.39 is 49.6 Å². The number of allylic oxidation sites excluding steroid dienone is 2. The van der Waals surface area contributed by atoms with Gasteiger partial charge in [0.2, 0.25) is 21.8 Å². The fourth-order valence-corrected chi connectivity index (χ4v) is 9.73. The fraction of sp³-hybridized carbons (Fsp3) is 0.625. The van der Waals surface area contributed by atoms with Gasteiger partial charge in [0, 0.05) is 29.7 Å². The number of carbonyl (C=O) groups is 4. The summed E-state index contributed by atoms with van der Waals surface area (Å²) < 4.78 is 40.0. The molecule has 280 valence electrons. The summed E-state index contributed by atoms with van der Waals surface area (Å²) in [6.07, 6.45) is 11.9. The number of fused-ring (bicyclic) bond motifs is 5. The van der Waals surface area contributed by atoms with Crippen molar-refractivity contribution in [2.24, 2.45) is 23.2 Å². The molecule has 0 unspecified atom stereocenters. The lowest BCUT2D eigenvalue weighted by Gasteiger charge is -2.36.